The molecule has 2 N–H and O–H groups in total. The van der Waals surface area contributed by atoms with Crippen LogP contribution in [0.25, 0.3) is 0 Å². The van der Waals surface area contributed by atoms with Gasteiger partial charge >= 0.3 is 0 Å². The summed E-state index contributed by atoms with van der Waals surface area (Å²) in [5, 5.41) is 3.41. The second-order valence-corrected chi connectivity index (χ2v) is 7.77. The van der Waals surface area contributed by atoms with Gasteiger partial charge in [0, 0.05) is 11.4 Å². The van der Waals surface area contributed by atoms with Crippen molar-refractivity contribution in [3.05, 3.63) is 52.5 Å². The van der Waals surface area contributed by atoms with E-state index in [1.54, 1.807) is 4.90 Å². The number of quaternary nitrogens is 1. The topological polar surface area (TPSA) is 46.0 Å². The first-order chi connectivity index (χ1) is 13.5. The highest BCUT2D eigenvalue weighted by molar-refractivity contribution is 6.32. The average Bonchev–Trinajstić information content (AvgIpc) is 2.68. The van der Waals surface area contributed by atoms with Crippen LogP contribution in [0, 0.1) is 13.8 Å². The van der Waals surface area contributed by atoms with Gasteiger partial charge in [0.05, 0.1) is 37.7 Å². The highest BCUT2D eigenvalue weighted by Gasteiger charge is 2.18. The lowest BCUT2D eigenvalue weighted by Crippen LogP contribution is -3.14. The second kappa shape index (κ2) is 9.30. The van der Waals surface area contributed by atoms with Crippen LogP contribution < -0.4 is 19.9 Å². The van der Waals surface area contributed by atoms with Gasteiger partial charge in [-0.2, -0.15) is 0 Å². The van der Waals surface area contributed by atoms with Crippen LogP contribution in [0.2, 0.25) is 5.02 Å². The fourth-order valence-corrected chi connectivity index (χ4v) is 3.99. The monoisotopic (exact) mass is 402 g/mol. The molecule has 1 heterocycles. The predicted octanol–water partition coefficient (Wildman–Crippen LogP) is 2.70. The molecule has 5 nitrogen and oxygen atoms in total. The molecule has 6 heteroatoms. The summed E-state index contributed by atoms with van der Waals surface area (Å²) >= 11 is 6.23. The summed E-state index contributed by atoms with van der Waals surface area (Å²) in [6.45, 7) is 11.7. The Morgan fingerprint density at radius 2 is 1.86 bits per heavy atom. The maximum Gasteiger partial charge on any atom is 0.262 e. The van der Waals surface area contributed by atoms with Gasteiger partial charge in [0.25, 0.3) is 5.91 Å². The number of hydrogen-bond acceptors (Lipinski definition) is 3. The van der Waals surface area contributed by atoms with E-state index in [4.69, 9.17) is 16.3 Å². The molecule has 1 saturated heterocycles. The minimum absolute atomic E-state index is 0.0763. The molecular weight excluding hydrogens is 374 g/mol. The van der Waals surface area contributed by atoms with Crippen LogP contribution in [-0.2, 0) is 4.79 Å². The molecule has 3 rings (SSSR count). The highest BCUT2D eigenvalue weighted by atomic mass is 35.5. The molecule has 1 amide bonds. The molecule has 0 spiro atoms. The van der Waals surface area contributed by atoms with Crippen LogP contribution in [0.1, 0.15) is 18.1 Å². The first-order valence-corrected chi connectivity index (χ1v) is 10.2. The number of anilines is 2. The van der Waals surface area contributed by atoms with E-state index < -0.39 is 0 Å². The van der Waals surface area contributed by atoms with Crippen molar-refractivity contribution < 1.29 is 14.4 Å². The zero-order valence-corrected chi connectivity index (χ0v) is 17.6. The van der Waals surface area contributed by atoms with Crippen LogP contribution in [0.3, 0.4) is 0 Å². The number of ether oxygens (including phenoxy) is 1. The maximum atomic E-state index is 12.2. The fourth-order valence-electron chi connectivity index (χ4n) is 3.61. The third kappa shape index (κ3) is 5.18. The molecule has 0 saturated carbocycles. The van der Waals surface area contributed by atoms with Gasteiger partial charge in [-0.15, -0.1) is 0 Å². The molecule has 0 radical (unpaired) electrons. The molecule has 1 aliphatic rings. The third-order valence-electron chi connectivity index (χ3n) is 5.21. The Morgan fingerprint density at radius 1 is 1.18 bits per heavy atom. The number of aryl methyl sites for hydroxylation is 2. The van der Waals surface area contributed by atoms with Gasteiger partial charge in [0.2, 0.25) is 0 Å². The maximum absolute atomic E-state index is 12.2. The van der Waals surface area contributed by atoms with Gasteiger partial charge in [-0.05, 0) is 62.2 Å². The number of rotatable bonds is 6. The summed E-state index contributed by atoms with van der Waals surface area (Å²) < 4.78 is 5.64. The number of likely N-dealkylation sites (N-methyl/N-ethyl adjacent to an activating group) is 1. The lowest BCUT2D eigenvalue weighted by Gasteiger charge is -2.33. The lowest BCUT2D eigenvalue weighted by molar-refractivity contribution is -0.898. The Hall–Kier alpha value is -2.24. The molecule has 2 aromatic carbocycles. The number of carbonyl (C=O) groups excluding carboxylic acids is 1. The number of nitrogens with one attached hydrogen (secondary N) is 2. The van der Waals surface area contributed by atoms with E-state index in [-0.39, 0.29) is 12.5 Å². The van der Waals surface area contributed by atoms with Crippen molar-refractivity contribution in [2.24, 2.45) is 0 Å². The van der Waals surface area contributed by atoms with Crippen molar-refractivity contribution >= 4 is 28.9 Å². The van der Waals surface area contributed by atoms with Crippen molar-refractivity contribution in [1.29, 1.82) is 0 Å². The van der Waals surface area contributed by atoms with E-state index in [0.717, 1.165) is 29.9 Å². The molecule has 0 aromatic heterocycles. The molecule has 150 valence electrons. The Bertz CT molecular complexity index is 792. The molecule has 1 fully saturated rings. The SMILES string of the molecule is CC[NH+]1CCN(c2ccc(NC(=O)COc3c(C)cc(C)cc3Cl)cc2)CC1. The smallest absolute Gasteiger partial charge is 0.262 e. The second-order valence-electron chi connectivity index (χ2n) is 7.37. The van der Waals surface area contributed by atoms with E-state index in [9.17, 15) is 4.79 Å². The summed E-state index contributed by atoms with van der Waals surface area (Å²) in [5.41, 5.74) is 3.96. The van der Waals surface area contributed by atoms with E-state index in [0.29, 0.717) is 10.8 Å². The Labute approximate surface area is 172 Å². The first-order valence-electron chi connectivity index (χ1n) is 9.84. The summed E-state index contributed by atoms with van der Waals surface area (Å²) in [7, 11) is 0. The zero-order chi connectivity index (χ0) is 20.1. The van der Waals surface area contributed by atoms with Crippen LogP contribution in [0.15, 0.2) is 36.4 Å². The molecule has 28 heavy (non-hydrogen) atoms. The molecule has 0 atom stereocenters. The van der Waals surface area contributed by atoms with Crippen LogP contribution >= 0.6 is 11.6 Å². The molecule has 2 aromatic rings. The average molecular weight is 403 g/mol. The van der Waals surface area contributed by atoms with Crippen LogP contribution in [0.4, 0.5) is 11.4 Å². The van der Waals surface area contributed by atoms with E-state index in [2.05, 4.69) is 29.3 Å². The van der Waals surface area contributed by atoms with Gasteiger partial charge in [-0.1, -0.05) is 17.7 Å². The number of carbonyl (C=O) groups is 1. The number of piperazine rings is 1. The Balaban J connectivity index is 1.52. The normalized spacial score (nSPS) is 14.8. The van der Waals surface area contributed by atoms with Gasteiger partial charge in [-0.3, -0.25) is 4.79 Å². The third-order valence-corrected chi connectivity index (χ3v) is 5.49. The van der Waals surface area contributed by atoms with Crippen molar-refractivity contribution in [2.75, 3.05) is 49.5 Å². The Morgan fingerprint density at radius 3 is 2.46 bits per heavy atom. The minimum Gasteiger partial charge on any atom is -0.482 e. The Kier molecular flexibility index (Phi) is 6.81. The summed E-state index contributed by atoms with van der Waals surface area (Å²) in [6.07, 6.45) is 0. The molecule has 0 bridgehead atoms. The van der Waals surface area contributed by atoms with E-state index in [1.807, 2.05) is 38.1 Å². The van der Waals surface area contributed by atoms with Gasteiger partial charge < -0.3 is 19.9 Å². The lowest BCUT2D eigenvalue weighted by atomic mass is 10.1. The molecule has 1 aliphatic heterocycles. The minimum atomic E-state index is -0.205. The van der Waals surface area contributed by atoms with E-state index in [1.165, 1.54) is 25.3 Å². The van der Waals surface area contributed by atoms with Crippen molar-refractivity contribution in [3.63, 3.8) is 0 Å². The number of hydrogen-bond donors (Lipinski definition) is 2. The summed E-state index contributed by atoms with van der Waals surface area (Å²) in [6, 6.07) is 11.8. The standard InChI is InChI=1S/C22H28ClN3O2/c1-4-25-9-11-26(12-10-25)19-7-5-18(6-8-19)24-21(27)15-28-22-17(3)13-16(2)14-20(22)23/h5-8,13-14H,4,9-12,15H2,1-3H3,(H,24,27)/p+1. The zero-order valence-electron chi connectivity index (χ0n) is 16.8. The molecule has 0 aliphatic carbocycles. The van der Waals surface area contributed by atoms with Crippen molar-refractivity contribution in [3.8, 4) is 5.75 Å². The van der Waals surface area contributed by atoms with E-state index >= 15 is 0 Å². The highest BCUT2D eigenvalue weighted by Crippen LogP contribution is 2.29. The fraction of sp³-hybridized carbons (Fsp3) is 0.409. The van der Waals surface area contributed by atoms with Crippen molar-refractivity contribution in [1.82, 2.24) is 0 Å². The number of halogens is 1. The van der Waals surface area contributed by atoms with Crippen molar-refractivity contribution in [2.45, 2.75) is 20.8 Å². The van der Waals surface area contributed by atoms with Crippen LogP contribution in [-0.4, -0.2) is 45.2 Å². The summed E-state index contributed by atoms with van der Waals surface area (Å²) in [4.78, 5) is 16.3. The molecular formula is C22H29ClN3O2+. The van der Waals surface area contributed by atoms with Gasteiger partial charge in [0.15, 0.2) is 6.61 Å². The van der Waals surface area contributed by atoms with Gasteiger partial charge in [-0.25, -0.2) is 0 Å². The predicted molar refractivity (Wildman–Crippen MR) is 115 cm³/mol. The number of amides is 1. The number of benzene rings is 2. The summed E-state index contributed by atoms with van der Waals surface area (Å²) in [5.74, 6) is 0.357. The molecule has 0 unspecified atom stereocenters. The quantitative estimate of drug-likeness (QED) is 0.781. The first kappa shape index (κ1) is 20.5. The largest absolute Gasteiger partial charge is 0.482 e. The van der Waals surface area contributed by atoms with Gasteiger partial charge in [0.1, 0.15) is 5.75 Å². The number of nitrogens with zero attached hydrogens (tertiary/aromatic N) is 1. The van der Waals surface area contributed by atoms with Crippen LogP contribution in [0.5, 0.6) is 5.75 Å².